The predicted molar refractivity (Wildman–Crippen MR) is 60.8 cm³/mol. The van der Waals surface area contributed by atoms with Gasteiger partial charge in [0.05, 0.1) is 12.9 Å². The molecule has 3 nitrogen and oxygen atoms in total. The summed E-state index contributed by atoms with van der Waals surface area (Å²) in [6, 6.07) is 5.87. The Kier molecular flexibility index (Phi) is 4.77. The molecule has 0 N–H and O–H groups in total. The molecule has 0 aliphatic carbocycles. The summed E-state index contributed by atoms with van der Waals surface area (Å²) in [5, 5.41) is -0.588. The van der Waals surface area contributed by atoms with Crippen molar-refractivity contribution in [2.75, 3.05) is 12.9 Å². The van der Waals surface area contributed by atoms with Crippen LogP contribution in [0.1, 0.15) is 10.4 Å². The van der Waals surface area contributed by atoms with Crippen LogP contribution in [-0.4, -0.2) is 29.9 Å². The lowest BCUT2D eigenvalue weighted by atomic mass is 10.2. The number of ketones is 1. The van der Waals surface area contributed by atoms with Crippen molar-refractivity contribution in [1.29, 1.82) is 0 Å². The van der Waals surface area contributed by atoms with Crippen LogP contribution in [0.2, 0.25) is 0 Å². The molecular weight excluding hydrogens is 269 g/mol. The van der Waals surface area contributed by atoms with Crippen LogP contribution < -0.4 is 4.74 Å². The van der Waals surface area contributed by atoms with E-state index in [4.69, 9.17) is 4.74 Å². The van der Waals surface area contributed by atoms with E-state index < -0.39 is 22.8 Å². The van der Waals surface area contributed by atoms with E-state index in [0.29, 0.717) is 17.5 Å². The maximum Gasteiger partial charge on any atom is 0.450 e. The van der Waals surface area contributed by atoms with Gasteiger partial charge < -0.3 is 4.74 Å². The van der Waals surface area contributed by atoms with Gasteiger partial charge in [-0.3, -0.25) is 9.59 Å². The fraction of sp³-hybridized carbons (Fsp3) is 0.273. The van der Waals surface area contributed by atoms with Crippen molar-refractivity contribution in [3.05, 3.63) is 29.8 Å². The highest BCUT2D eigenvalue weighted by atomic mass is 32.2. The number of thioether (sulfide) groups is 1. The van der Waals surface area contributed by atoms with Crippen molar-refractivity contribution in [2.24, 2.45) is 0 Å². The normalized spacial score (nSPS) is 11.1. The minimum Gasteiger partial charge on any atom is -0.497 e. The van der Waals surface area contributed by atoms with Gasteiger partial charge in [0.25, 0.3) is 0 Å². The van der Waals surface area contributed by atoms with Crippen LogP contribution in [-0.2, 0) is 4.79 Å². The van der Waals surface area contributed by atoms with Crippen molar-refractivity contribution in [3.8, 4) is 5.75 Å². The molecule has 0 radical (unpaired) electrons. The highest BCUT2D eigenvalue weighted by Gasteiger charge is 2.38. The number of carbonyl (C=O) groups is 2. The van der Waals surface area contributed by atoms with Crippen LogP contribution in [0.25, 0.3) is 0 Å². The van der Waals surface area contributed by atoms with E-state index in [1.165, 1.54) is 31.4 Å². The number of ether oxygens (including phenoxy) is 1. The quantitative estimate of drug-likeness (QED) is 0.849. The molecule has 0 saturated heterocycles. The molecule has 1 aromatic carbocycles. The van der Waals surface area contributed by atoms with E-state index in [-0.39, 0.29) is 5.56 Å². The van der Waals surface area contributed by atoms with Crippen LogP contribution in [0.5, 0.6) is 5.75 Å². The molecule has 0 amide bonds. The van der Waals surface area contributed by atoms with Crippen molar-refractivity contribution in [1.82, 2.24) is 0 Å². The van der Waals surface area contributed by atoms with Crippen LogP contribution in [0.3, 0.4) is 0 Å². The molecule has 0 bridgehead atoms. The van der Waals surface area contributed by atoms with Gasteiger partial charge in [-0.1, -0.05) is 11.8 Å². The second-order valence-corrected chi connectivity index (χ2v) is 4.17. The molecule has 0 aliphatic heterocycles. The second kappa shape index (κ2) is 5.90. The summed E-state index contributed by atoms with van der Waals surface area (Å²) in [5.41, 5.74) is 0.218. The Balaban J connectivity index is 2.58. The highest BCUT2D eigenvalue weighted by molar-refractivity contribution is 8.14. The SMILES string of the molecule is COc1ccc(C(=O)SCC(=O)C(F)(F)F)cc1. The van der Waals surface area contributed by atoms with Gasteiger partial charge in [0.2, 0.25) is 10.9 Å². The number of methoxy groups -OCH3 is 1. The van der Waals surface area contributed by atoms with Crippen molar-refractivity contribution in [3.63, 3.8) is 0 Å². The zero-order chi connectivity index (χ0) is 13.8. The number of benzene rings is 1. The number of carbonyl (C=O) groups excluding carboxylic acids is 2. The van der Waals surface area contributed by atoms with Crippen LogP contribution in [0, 0.1) is 0 Å². The first-order valence-electron chi connectivity index (χ1n) is 4.76. The Labute approximate surface area is 105 Å². The first kappa shape index (κ1) is 14.6. The van der Waals surface area contributed by atoms with E-state index >= 15 is 0 Å². The second-order valence-electron chi connectivity index (χ2n) is 3.23. The lowest BCUT2D eigenvalue weighted by Gasteiger charge is -2.04. The van der Waals surface area contributed by atoms with Gasteiger partial charge in [-0.05, 0) is 24.3 Å². The summed E-state index contributed by atoms with van der Waals surface area (Å²) in [5.74, 6) is -2.30. The van der Waals surface area contributed by atoms with E-state index in [2.05, 4.69) is 0 Å². The van der Waals surface area contributed by atoms with E-state index in [0.717, 1.165) is 0 Å². The lowest BCUT2D eigenvalue weighted by molar-refractivity contribution is -0.167. The molecule has 0 aliphatic rings. The number of halogens is 3. The molecule has 0 saturated carbocycles. The summed E-state index contributed by atoms with van der Waals surface area (Å²) in [6.07, 6.45) is -4.90. The molecule has 18 heavy (non-hydrogen) atoms. The molecule has 98 valence electrons. The lowest BCUT2D eigenvalue weighted by Crippen LogP contribution is -2.25. The molecule has 1 aromatic rings. The number of alkyl halides is 3. The van der Waals surface area contributed by atoms with Gasteiger partial charge in [0, 0.05) is 5.56 Å². The number of hydrogen-bond acceptors (Lipinski definition) is 4. The highest BCUT2D eigenvalue weighted by Crippen LogP contribution is 2.21. The molecule has 7 heteroatoms. The largest absolute Gasteiger partial charge is 0.497 e. The molecule has 0 atom stereocenters. The Hall–Kier alpha value is -1.50. The first-order valence-corrected chi connectivity index (χ1v) is 5.74. The van der Waals surface area contributed by atoms with E-state index in [1.807, 2.05) is 0 Å². The summed E-state index contributed by atoms with van der Waals surface area (Å²) < 4.78 is 40.6. The Morgan fingerprint density at radius 3 is 2.22 bits per heavy atom. The van der Waals surface area contributed by atoms with Crippen molar-refractivity contribution in [2.45, 2.75) is 6.18 Å². The molecule has 0 heterocycles. The number of Topliss-reactive ketones (excluding diaryl/α,β-unsaturated/α-hetero) is 1. The summed E-state index contributed by atoms with van der Waals surface area (Å²) in [4.78, 5) is 22.1. The van der Waals surface area contributed by atoms with Crippen molar-refractivity contribution < 1.29 is 27.5 Å². The van der Waals surface area contributed by atoms with Gasteiger partial charge in [-0.25, -0.2) is 0 Å². The molecule has 0 unspecified atom stereocenters. The summed E-state index contributed by atoms with van der Waals surface area (Å²) in [6.45, 7) is 0. The Morgan fingerprint density at radius 2 is 1.78 bits per heavy atom. The fourth-order valence-corrected chi connectivity index (χ4v) is 1.75. The monoisotopic (exact) mass is 278 g/mol. The third kappa shape index (κ3) is 4.06. The Morgan fingerprint density at radius 1 is 1.22 bits per heavy atom. The summed E-state index contributed by atoms with van der Waals surface area (Å²) >= 11 is 0.329. The molecule has 0 fully saturated rings. The zero-order valence-corrected chi connectivity index (χ0v) is 10.1. The first-order chi connectivity index (χ1) is 8.34. The van der Waals surface area contributed by atoms with Gasteiger partial charge in [-0.2, -0.15) is 13.2 Å². The predicted octanol–water partition coefficient (Wildman–Crippen LogP) is 2.70. The average molecular weight is 278 g/mol. The maximum absolute atomic E-state index is 11.9. The van der Waals surface area contributed by atoms with Crippen LogP contribution >= 0.6 is 11.8 Å². The number of rotatable bonds is 4. The van der Waals surface area contributed by atoms with Gasteiger partial charge in [-0.15, -0.1) is 0 Å². The molecular formula is C11H9F3O3S. The molecule has 0 spiro atoms. The third-order valence-corrected chi connectivity index (χ3v) is 2.88. The maximum atomic E-state index is 11.9. The van der Waals surface area contributed by atoms with Crippen LogP contribution in [0.4, 0.5) is 13.2 Å². The molecule has 1 rings (SSSR count). The van der Waals surface area contributed by atoms with E-state index in [1.54, 1.807) is 0 Å². The third-order valence-electron chi connectivity index (χ3n) is 1.98. The number of hydrogen-bond donors (Lipinski definition) is 0. The Bertz CT molecular complexity index is 440. The molecule has 0 aromatic heterocycles. The van der Waals surface area contributed by atoms with Crippen LogP contribution in [0.15, 0.2) is 24.3 Å². The van der Waals surface area contributed by atoms with E-state index in [9.17, 15) is 22.8 Å². The standard InChI is InChI=1S/C11H9F3O3S/c1-17-8-4-2-7(3-5-8)10(16)18-6-9(15)11(12,13)14/h2-5H,6H2,1H3. The smallest absolute Gasteiger partial charge is 0.450 e. The van der Waals surface area contributed by atoms with Crippen molar-refractivity contribution >= 4 is 22.7 Å². The van der Waals surface area contributed by atoms with Gasteiger partial charge >= 0.3 is 6.18 Å². The van der Waals surface area contributed by atoms with Gasteiger partial charge in [0.15, 0.2) is 0 Å². The zero-order valence-electron chi connectivity index (χ0n) is 9.28. The topological polar surface area (TPSA) is 43.4 Å². The van der Waals surface area contributed by atoms with Gasteiger partial charge in [0.1, 0.15) is 5.75 Å². The average Bonchev–Trinajstić information content (AvgIpc) is 2.34. The fourth-order valence-electron chi connectivity index (χ4n) is 1.02. The minimum absolute atomic E-state index is 0.218. The summed E-state index contributed by atoms with van der Waals surface area (Å²) in [7, 11) is 1.45. The minimum atomic E-state index is -4.90.